The van der Waals surface area contributed by atoms with Crippen LogP contribution in [0.25, 0.3) is 0 Å². The summed E-state index contributed by atoms with van der Waals surface area (Å²) in [5, 5.41) is 16.6. The van der Waals surface area contributed by atoms with E-state index in [1.807, 2.05) is 24.3 Å². The molecule has 1 unspecified atom stereocenters. The summed E-state index contributed by atoms with van der Waals surface area (Å²) in [5.41, 5.74) is 1.09. The van der Waals surface area contributed by atoms with Crippen molar-refractivity contribution in [2.24, 2.45) is 5.92 Å². The number of aryl methyl sites for hydroxylation is 1. The Balaban J connectivity index is 1.44. The number of carbonyl (C=O) groups excluding carboxylic acids is 1. The van der Waals surface area contributed by atoms with Crippen LogP contribution in [-0.4, -0.2) is 39.7 Å². The van der Waals surface area contributed by atoms with Crippen LogP contribution in [-0.2, 0) is 17.6 Å². The number of hydrogen-bond donors (Lipinski definition) is 2. The molecule has 1 atom stereocenters. The maximum absolute atomic E-state index is 12.1. The number of hydrogen-bond acceptors (Lipinski definition) is 5. The number of tetrazole rings is 1. The van der Waals surface area contributed by atoms with Gasteiger partial charge in [0, 0.05) is 13.0 Å². The number of nitrogens with one attached hydrogen (secondary N) is 2. The van der Waals surface area contributed by atoms with Crippen LogP contribution >= 0.6 is 0 Å². The molecule has 1 aliphatic rings. The Hall–Kier alpha value is -2.44. The lowest BCUT2D eigenvalue weighted by molar-refractivity contribution is -0.126. The molecule has 1 amide bonds. The first-order valence-electron chi connectivity index (χ1n) is 7.03. The minimum atomic E-state index is -0.120. The first-order chi connectivity index (χ1) is 10.3. The normalized spacial score (nSPS) is 16.9. The lowest BCUT2D eigenvalue weighted by Crippen LogP contribution is -2.37. The third kappa shape index (κ3) is 3.36. The van der Waals surface area contributed by atoms with Crippen LogP contribution in [0.5, 0.6) is 5.75 Å². The highest BCUT2D eigenvalue weighted by atomic mass is 16.5. The van der Waals surface area contributed by atoms with Gasteiger partial charge in [0.1, 0.15) is 12.4 Å². The van der Waals surface area contributed by atoms with Crippen molar-refractivity contribution in [3.05, 3.63) is 35.7 Å². The quantitative estimate of drug-likeness (QED) is 0.781. The van der Waals surface area contributed by atoms with Crippen LogP contribution in [0.3, 0.4) is 0 Å². The highest BCUT2D eigenvalue weighted by molar-refractivity contribution is 5.79. The molecule has 2 aromatic rings. The fourth-order valence-corrected chi connectivity index (χ4v) is 2.39. The molecule has 7 heteroatoms. The third-order valence-electron chi connectivity index (χ3n) is 3.52. The number of aromatic nitrogens is 4. The molecule has 0 bridgehead atoms. The summed E-state index contributed by atoms with van der Waals surface area (Å²) in [7, 11) is 0. The Labute approximate surface area is 122 Å². The van der Waals surface area contributed by atoms with E-state index >= 15 is 0 Å². The summed E-state index contributed by atoms with van der Waals surface area (Å²) in [6.07, 6.45) is 2.21. The van der Waals surface area contributed by atoms with Crippen molar-refractivity contribution in [2.45, 2.75) is 19.3 Å². The Morgan fingerprint density at radius 2 is 2.33 bits per heavy atom. The van der Waals surface area contributed by atoms with Crippen LogP contribution in [0.15, 0.2) is 24.3 Å². The number of para-hydroxylation sites is 1. The van der Waals surface area contributed by atoms with Gasteiger partial charge >= 0.3 is 0 Å². The predicted octanol–water partition coefficient (Wildman–Crippen LogP) is 0.500. The second kappa shape index (κ2) is 6.34. The van der Waals surface area contributed by atoms with Gasteiger partial charge in [-0.1, -0.05) is 23.4 Å². The fourth-order valence-electron chi connectivity index (χ4n) is 2.39. The van der Waals surface area contributed by atoms with E-state index in [-0.39, 0.29) is 11.8 Å². The topological polar surface area (TPSA) is 92.8 Å². The van der Waals surface area contributed by atoms with Crippen molar-refractivity contribution in [1.29, 1.82) is 0 Å². The molecule has 2 heterocycles. The molecule has 2 N–H and O–H groups in total. The molecular weight excluding hydrogens is 270 g/mol. The van der Waals surface area contributed by atoms with Gasteiger partial charge in [0.25, 0.3) is 0 Å². The molecule has 0 fully saturated rings. The summed E-state index contributed by atoms with van der Waals surface area (Å²) < 4.78 is 5.63. The molecule has 0 radical (unpaired) electrons. The number of benzene rings is 1. The summed E-state index contributed by atoms with van der Waals surface area (Å²) in [6.45, 7) is 1.04. The van der Waals surface area contributed by atoms with Gasteiger partial charge in [-0.15, -0.1) is 10.2 Å². The van der Waals surface area contributed by atoms with Crippen LogP contribution < -0.4 is 10.1 Å². The van der Waals surface area contributed by atoms with E-state index in [1.54, 1.807) is 0 Å². The lowest BCUT2D eigenvalue weighted by atomic mass is 9.96. The minimum absolute atomic E-state index is 0.0395. The molecule has 0 saturated heterocycles. The highest BCUT2D eigenvalue weighted by Crippen LogP contribution is 2.26. The van der Waals surface area contributed by atoms with Gasteiger partial charge in [-0.2, -0.15) is 5.21 Å². The van der Waals surface area contributed by atoms with E-state index in [0.717, 1.165) is 24.2 Å². The number of fused-ring (bicyclic) bond motifs is 1. The summed E-state index contributed by atoms with van der Waals surface area (Å²) >= 11 is 0. The number of carbonyl (C=O) groups is 1. The molecule has 1 aromatic carbocycles. The van der Waals surface area contributed by atoms with Crippen LogP contribution in [0.4, 0.5) is 0 Å². The largest absolute Gasteiger partial charge is 0.492 e. The number of ether oxygens (including phenoxy) is 1. The van der Waals surface area contributed by atoms with Crippen molar-refractivity contribution in [1.82, 2.24) is 25.9 Å². The van der Waals surface area contributed by atoms with Crippen molar-refractivity contribution in [3.8, 4) is 5.75 Å². The zero-order valence-electron chi connectivity index (χ0n) is 11.6. The molecule has 21 heavy (non-hydrogen) atoms. The maximum atomic E-state index is 12.1. The average Bonchev–Trinajstić information content (AvgIpc) is 3.04. The first kappa shape index (κ1) is 13.5. The zero-order chi connectivity index (χ0) is 14.5. The summed E-state index contributed by atoms with van der Waals surface area (Å²) in [6, 6.07) is 7.85. The van der Waals surface area contributed by atoms with Gasteiger partial charge in [0.15, 0.2) is 5.82 Å². The number of aromatic amines is 1. The van der Waals surface area contributed by atoms with E-state index < -0.39 is 0 Å². The third-order valence-corrected chi connectivity index (χ3v) is 3.52. The number of H-pyrrole nitrogens is 1. The molecule has 0 spiro atoms. The lowest BCUT2D eigenvalue weighted by Gasteiger charge is -2.24. The molecule has 1 aliphatic heterocycles. The van der Waals surface area contributed by atoms with E-state index in [9.17, 15) is 4.79 Å². The summed E-state index contributed by atoms with van der Waals surface area (Å²) in [5.74, 6) is 1.47. The maximum Gasteiger partial charge on any atom is 0.226 e. The molecule has 110 valence electrons. The molecule has 7 nitrogen and oxygen atoms in total. The van der Waals surface area contributed by atoms with Gasteiger partial charge in [0.05, 0.1) is 5.92 Å². The van der Waals surface area contributed by atoms with Crippen molar-refractivity contribution < 1.29 is 9.53 Å². The number of amides is 1. The Bertz CT molecular complexity index is 599. The predicted molar refractivity (Wildman–Crippen MR) is 74.6 cm³/mol. The fraction of sp³-hybridized carbons (Fsp3) is 0.429. The van der Waals surface area contributed by atoms with Gasteiger partial charge in [0.2, 0.25) is 5.91 Å². The van der Waals surface area contributed by atoms with Crippen LogP contribution in [0.1, 0.15) is 17.8 Å². The standard InChI is InChI=1S/C14H17N5O2/c20-14(15-7-3-6-13-16-18-19-17-13)11-8-10-4-1-2-5-12(10)21-9-11/h1-2,4-5,11H,3,6-9H2,(H,15,20)(H,16,17,18,19). The average molecular weight is 287 g/mol. The van der Waals surface area contributed by atoms with Crippen LogP contribution in [0, 0.1) is 5.92 Å². The molecular formula is C14H17N5O2. The Morgan fingerprint density at radius 3 is 3.19 bits per heavy atom. The van der Waals surface area contributed by atoms with Gasteiger partial charge in [-0.25, -0.2) is 0 Å². The molecule has 0 aliphatic carbocycles. The minimum Gasteiger partial charge on any atom is -0.492 e. The van der Waals surface area contributed by atoms with E-state index in [0.29, 0.717) is 25.4 Å². The van der Waals surface area contributed by atoms with Gasteiger partial charge in [-0.05, 0) is 24.5 Å². The molecule has 0 saturated carbocycles. The Kier molecular flexibility index (Phi) is 4.09. The van der Waals surface area contributed by atoms with E-state index in [4.69, 9.17) is 4.74 Å². The first-order valence-corrected chi connectivity index (χ1v) is 7.03. The molecule has 3 rings (SSSR count). The van der Waals surface area contributed by atoms with Crippen molar-refractivity contribution >= 4 is 5.91 Å². The SMILES string of the molecule is O=C(NCCCc1nn[nH]n1)C1COc2ccccc2C1. The van der Waals surface area contributed by atoms with Crippen molar-refractivity contribution in [3.63, 3.8) is 0 Å². The highest BCUT2D eigenvalue weighted by Gasteiger charge is 2.25. The summed E-state index contributed by atoms with van der Waals surface area (Å²) in [4.78, 5) is 12.1. The second-order valence-corrected chi connectivity index (χ2v) is 5.04. The second-order valence-electron chi connectivity index (χ2n) is 5.04. The smallest absolute Gasteiger partial charge is 0.226 e. The zero-order valence-corrected chi connectivity index (χ0v) is 11.6. The number of nitrogens with zero attached hydrogens (tertiary/aromatic N) is 3. The van der Waals surface area contributed by atoms with E-state index in [2.05, 4.69) is 25.9 Å². The van der Waals surface area contributed by atoms with Gasteiger partial charge in [-0.3, -0.25) is 4.79 Å². The van der Waals surface area contributed by atoms with Crippen LogP contribution in [0.2, 0.25) is 0 Å². The van der Waals surface area contributed by atoms with Gasteiger partial charge < -0.3 is 10.1 Å². The van der Waals surface area contributed by atoms with Crippen molar-refractivity contribution in [2.75, 3.05) is 13.2 Å². The van der Waals surface area contributed by atoms with E-state index in [1.165, 1.54) is 0 Å². The monoisotopic (exact) mass is 287 g/mol. The Morgan fingerprint density at radius 1 is 1.43 bits per heavy atom. The number of rotatable bonds is 5. The molecule has 1 aromatic heterocycles.